The highest BCUT2D eigenvalue weighted by Gasteiger charge is 2.40. The largest absolute Gasteiger partial charge is 0.612 e. The Morgan fingerprint density at radius 2 is 2.05 bits per heavy atom. The lowest BCUT2D eigenvalue weighted by Gasteiger charge is -2.16. The molecule has 1 aromatic rings. The molecule has 0 aromatic heterocycles. The molecule has 8 heteroatoms. The monoisotopic (exact) mass is 296 g/mol. The summed E-state index contributed by atoms with van der Waals surface area (Å²) in [5.74, 6) is -1.94. The Kier molecular flexibility index (Phi) is 4.70. The molecule has 1 unspecified atom stereocenters. The third-order valence-electron chi connectivity index (χ3n) is 2.22. The van der Waals surface area contributed by atoms with E-state index in [-0.39, 0.29) is 6.61 Å². The van der Waals surface area contributed by atoms with E-state index < -0.39 is 45.1 Å². The number of carbonyl (C=O) groups is 1. The number of carbonyl (C=O) groups excluding carboxylic acids is 1. The summed E-state index contributed by atoms with van der Waals surface area (Å²) < 4.78 is 54.1. The molecule has 0 aliphatic carbocycles. The average Bonchev–Trinajstić information content (AvgIpc) is 2.26. The molecule has 1 atom stereocenters. The number of alkyl halides is 3. The SMILES string of the molecule is CCOC(=O)c1ccc(C(F)(F)F)c([S+](C)[O-])c1O. The number of halogens is 3. The van der Waals surface area contributed by atoms with Crippen LogP contribution >= 0.6 is 0 Å². The summed E-state index contributed by atoms with van der Waals surface area (Å²) in [5, 5.41) is 9.71. The van der Waals surface area contributed by atoms with Gasteiger partial charge in [-0.25, -0.2) is 4.79 Å². The summed E-state index contributed by atoms with van der Waals surface area (Å²) in [4.78, 5) is 10.6. The van der Waals surface area contributed by atoms with Crippen molar-refractivity contribution in [2.75, 3.05) is 12.9 Å². The smallest absolute Gasteiger partial charge is 0.421 e. The molecule has 0 amide bonds. The number of aromatic hydroxyl groups is 1. The zero-order valence-electron chi connectivity index (χ0n) is 10.1. The van der Waals surface area contributed by atoms with Gasteiger partial charge in [-0.3, -0.25) is 0 Å². The zero-order chi connectivity index (χ0) is 14.8. The lowest BCUT2D eigenvalue weighted by Crippen LogP contribution is -2.15. The minimum absolute atomic E-state index is 0.00381. The van der Waals surface area contributed by atoms with Crippen LogP contribution in [0.15, 0.2) is 17.0 Å². The van der Waals surface area contributed by atoms with Crippen molar-refractivity contribution in [1.29, 1.82) is 0 Å². The van der Waals surface area contributed by atoms with Crippen molar-refractivity contribution < 1.29 is 32.4 Å². The van der Waals surface area contributed by atoms with Gasteiger partial charge in [-0.1, -0.05) is 0 Å². The molecule has 1 aromatic carbocycles. The van der Waals surface area contributed by atoms with E-state index in [0.717, 1.165) is 12.3 Å². The maximum Gasteiger partial charge on any atom is 0.421 e. The van der Waals surface area contributed by atoms with Crippen molar-refractivity contribution in [3.8, 4) is 5.75 Å². The van der Waals surface area contributed by atoms with Gasteiger partial charge in [0, 0.05) is 0 Å². The third kappa shape index (κ3) is 3.32. The van der Waals surface area contributed by atoms with Crippen molar-refractivity contribution in [3.63, 3.8) is 0 Å². The van der Waals surface area contributed by atoms with Crippen LogP contribution in [0.1, 0.15) is 22.8 Å². The van der Waals surface area contributed by atoms with Crippen LogP contribution < -0.4 is 0 Å². The van der Waals surface area contributed by atoms with Gasteiger partial charge in [0.25, 0.3) is 0 Å². The quantitative estimate of drug-likeness (QED) is 0.686. The molecule has 0 bridgehead atoms. The van der Waals surface area contributed by atoms with Crippen LogP contribution in [0.3, 0.4) is 0 Å². The minimum Gasteiger partial charge on any atom is -0.612 e. The number of phenolic OH excluding ortho intramolecular Hbond substituents is 1. The van der Waals surface area contributed by atoms with Crippen LogP contribution in [-0.2, 0) is 22.1 Å². The molecular formula is C11H11F3O4S. The van der Waals surface area contributed by atoms with Crippen LogP contribution in [-0.4, -0.2) is 28.5 Å². The second-order valence-electron chi connectivity index (χ2n) is 3.51. The normalized spacial score (nSPS) is 13.2. The van der Waals surface area contributed by atoms with Crippen LogP contribution in [0.5, 0.6) is 5.75 Å². The Morgan fingerprint density at radius 1 is 1.47 bits per heavy atom. The van der Waals surface area contributed by atoms with E-state index in [2.05, 4.69) is 4.74 Å². The Bertz CT molecular complexity index is 486. The molecule has 0 aliphatic heterocycles. The highest BCUT2D eigenvalue weighted by molar-refractivity contribution is 7.90. The molecule has 0 spiro atoms. The van der Waals surface area contributed by atoms with Gasteiger partial charge < -0.3 is 14.4 Å². The third-order valence-corrected chi connectivity index (χ3v) is 3.21. The van der Waals surface area contributed by atoms with Gasteiger partial charge >= 0.3 is 12.1 Å². The highest BCUT2D eigenvalue weighted by atomic mass is 32.2. The van der Waals surface area contributed by atoms with E-state index in [0.29, 0.717) is 6.07 Å². The first-order chi connectivity index (χ1) is 8.70. The second-order valence-corrected chi connectivity index (χ2v) is 4.83. The molecule has 0 aliphatic rings. The predicted molar refractivity (Wildman–Crippen MR) is 61.4 cm³/mol. The van der Waals surface area contributed by atoms with Crippen molar-refractivity contribution >= 4 is 17.1 Å². The van der Waals surface area contributed by atoms with E-state index in [1.165, 1.54) is 6.92 Å². The van der Waals surface area contributed by atoms with Crippen LogP contribution in [0.25, 0.3) is 0 Å². The van der Waals surface area contributed by atoms with Crippen molar-refractivity contribution in [2.24, 2.45) is 0 Å². The summed E-state index contributed by atoms with van der Waals surface area (Å²) in [5.41, 5.74) is -1.68. The number of ether oxygens (including phenoxy) is 1. The molecule has 0 heterocycles. The summed E-state index contributed by atoms with van der Waals surface area (Å²) in [6.07, 6.45) is -3.79. The first-order valence-electron chi connectivity index (χ1n) is 5.13. The second kappa shape index (κ2) is 5.70. The Hall–Kier alpha value is -1.41. The Balaban J connectivity index is 3.44. The number of esters is 1. The average molecular weight is 296 g/mol. The maximum atomic E-state index is 12.7. The number of hydrogen-bond acceptors (Lipinski definition) is 4. The highest BCUT2D eigenvalue weighted by Crippen LogP contribution is 2.40. The Morgan fingerprint density at radius 3 is 2.47 bits per heavy atom. The van der Waals surface area contributed by atoms with Gasteiger partial charge in [-0.05, 0) is 30.2 Å². The van der Waals surface area contributed by atoms with Crippen LogP contribution in [0.2, 0.25) is 0 Å². The molecule has 106 valence electrons. The van der Waals surface area contributed by atoms with Crippen LogP contribution in [0, 0.1) is 0 Å². The fourth-order valence-electron chi connectivity index (χ4n) is 1.46. The molecule has 0 fully saturated rings. The molecular weight excluding hydrogens is 285 g/mol. The fourth-order valence-corrected chi connectivity index (χ4v) is 2.33. The van der Waals surface area contributed by atoms with Gasteiger partial charge in [0.2, 0.25) is 4.90 Å². The van der Waals surface area contributed by atoms with Crippen molar-refractivity contribution in [2.45, 2.75) is 18.0 Å². The first-order valence-corrected chi connectivity index (χ1v) is 6.69. The number of benzene rings is 1. The number of hydrogen-bond donors (Lipinski definition) is 1. The van der Waals surface area contributed by atoms with E-state index in [1.54, 1.807) is 0 Å². The van der Waals surface area contributed by atoms with Gasteiger partial charge in [-0.15, -0.1) is 0 Å². The van der Waals surface area contributed by atoms with E-state index in [4.69, 9.17) is 0 Å². The first kappa shape index (κ1) is 15.6. The molecule has 19 heavy (non-hydrogen) atoms. The van der Waals surface area contributed by atoms with Crippen LogP contribution in [0.4, 0.5) is 13.2 Å². The number of rotatable bonds is 3. The molecule has 1 N–H and O–H groups in total. The van der Waals surface area contributed by atoms with E-state index >= 15 is 0 Å². The number of phenols is 1. The predicted octanol–water partition coefficient (Wildman–Crippen LogP) is 2.33. The van der Waals surface area contributed by atoms with E-state index in [9.17, 15) is 27.6 Å². The molecule has 1 rings (SSSR count). The lowest BCUT2D eigenvalue weighted by atomic mass is 10.1. The standard InChI is InChI=1S/C11H11F3O4S/c1-3-18-10(16)6-4-5-7(11(12,13)14)9(8(6)15)19(2)17/h4-5,15H,3H2,1-2H3. The maximum absolute atomic E-state index is 12.7. The van der Waals surface area contributed by atoms with Gasteiger partial charge in [-0.2, -0.15) is 13.2 Å². The molecule has 0 radical (unpaired) electrons. The summed E-state index contributed by atoms with van der Waals surface area (Å²) >= 11 is -2.11. The van der Waals surface area contributed by atoms with Gasteiger partial charge in [0.1, 0.15) is 17.4 Å². The summed E-state index contributed by atoms with van der Waals surface area (Å²) in [6, 6.07) is 1.40. The van der Waals surface area contributed by atoms with Gasteiger partial charge in [0.05, 0.1) is 6.61 Å². The molecule has 4 nitrogen and oxygen atoms in total. The molecule has 0 saturated heterocycles. The van der Waals surface area contributed by atoms with Crippen molar-refractivity contribution in [1.82, 2.24) is 0 Å². The topological polar surface area (TPSA) is 69.6 Å². The fraction of sp³-hybridized carbons (Fsp3) is 0.364. The Labute approximate surface area is 110 Å². The summed E-state index contributed by atoms with van der Waals surface area (Å²) in [7, 11) is 0. The molecule has 0 saturated carbocycles. The minimum atomic E-state index is -4.77. The summed E-state index contributed by atoms with van der Waals surface area (Å²) in [6.45, 7) is 1.52. The van der Waals surface area contributed by atoms with E-state index in [1.807, 2.05) is 0 Å². The van der Waals surface area contributed by atoms with Gasteiger partial charge in [0.15, 0.2) is 5.75 Å². The van der Waals surface area contributed by atoms with Crippen molar-refractivity contribution in [3.05, 3.63) is 23.3 Å². The lowest BCUT2D eigenvalue weighted by molar-refractivity contribution is -0.140. The zero-order valence-corrected chi connectivity index (χ0v) is 10.9.